The second-order valence-corrected chi connectivity index (χ2v) is 12.7. The smallest absolute Gasteiger partial charge is 0.122 e. The normalized spacial score (nSPS) is 14.6. The summed E-state index contributed by atoms with van der Waals surface area (Å²) in [6, 6.07) is 52.4. The summed E-state index contributed by atoms with van der Waals surface area (Å²) in [6.45, 7) is 3.14. The molecule has 5 aromatic carbocycles. The molecule has 0 N–H and O–H groups in total. The fraction of sp³-hybridized carbons (Fsp3) is 0.279. The summed E-state index contributed by atoms with van der Waals surface area (Å²) in [7, 11) is 1.74. The maximum atomic E-state index is 5.82. The van der Waals surface area contributed by atoms with Gasteiger partial charge < -0.3 is 9.64 Å². The lowest BCUT2D eigenvalue weighted by Gasteiger charge is -2.39. The molecular formula is C43H47N3O. The lowest BCUT2D eigenvalue weighted by molar-refractivity contribution is 0.205. The minimum Gasteiger partial charge on any atom is -0.497 e. The minimum absolute atomic E-state index is 0.0873. The maximum absolute atomic E-state index is 5.82. The van der Waals surface area contributed by atoms with Gasteiger partial charge in [-0.1, -0.05) is 153 Å². The predicted octanol–water partition coefficient (Wildman–Crippen LogP) is 9.87. The molecule has 0 amide bonds. The third kappa shape index (κ3) is 9.21. The van der Waals surface area contributed by atoms with Crippen LogP contribution >= 0.6 is 0 Å². The molecule has 6 rings (SSSR count). The Morgan fingerprint density at radius 3 is 1.43 bits per heavy atom. The Morgan fingerprint density at radius 2 is 1.00 bits per heavy atom. The van der Waals surface area contributed by atoms with Gasteiger partial charge in [0.25, 0.3) is 0 Å². The van der Waals surface area contributed by atoms with Crippen LogP contribution in [0.1, 0.15) is 66.0 Å². The van der Waals surface area contributed by atoms with Crippen molar-refractivity contribution in [3.05, 3.63) is 173 Å². The van der Waals surface area contributed by atoms with Crippen LogP contribution < -0.4 is 4.74 Å². The molecule has 0 bridgehead atoms. The molecule has 1 aliphatic rings. The van der Waals surface area contributed by atoms with Gasteiger partial charge in [-0.3, -0.25) is 9.89 Å². The second-order valence-electron chi connectivity index (χ2n) is 12.7. The molecule has 5 aromatic rings. The molecule has 4 heteroatoms. The van der Waals surface area contributed by atoms with Gasteiger partial charge in [-0.25, -0.2) is 0 Å². The number of ether oxygens (including phenoxy) is 1. The highest BCUT2D eigenvalue weighted by molar-refractivity contribution is 5.89. The Kier molecular flexibility index (Phi) is 11.5. The highest BCUT2D eigenvalue weighted by Gasteiger charge is 2.32. The van der Waals surface area contributed by atoms with Crippen LogP contribution in [0.3, 0.4) is 0 Å². The van der Waals surface area contributed by atoms with E-state index in [1.807, 2.05) is 0 Å². The molecule has 1 atom stereocenters. The zero-order chi connectivity index (χ0) is 32.1. The summed E-state index contributed by atoms with van der Waals surface area (Å²) in [5.74, 6) is 2.00. The van der Waals surface area contributed by atoms with Gasteiger partial charge in [0.15, 0.2) is 0 Å². The van der Waals surface area contributed by atoms with Crippen molar-refractivity contribution < 1.29 is 4.74 Å². The van der Waals surface area contributed by atoms with Crippen molar-refractivity contribution in [1.82, 2.24) is 9.80 Å². The Morgan fingerprint density at radius 1 is 0.574 bits per heavy atom. The largest absolute Gasteiger partial charge is 0.497 e. The molecule has 0 spiro atoms. The van der Waals surface area contributed by atoms with E-state index in [0.29, 0.717) is 6.04 Å². The summed E-state index contributed by atoms with van der Waals surface area (Å²) in [5.41, 5.74) is 6.36. The molecule has 0 aromatic heterocycles. The molecule has 0 heterocycles. The number of amidine groups is 1. The van der Waals surface area contributed by atoms with Gasteiger partial charge in [-0.05, 0) is 52.8 Å². The summed E-state index contributed by atoms with van der Waals surface area (Å²) in [4.78, 5) is 11.0. The molecule has 1 unspecified atom stereocenters. The van der Waals surface area contributed by atoms with E-state index in [-0.39, 0.29) is 6.04 Å². The second kappa shape index (κ2) is 16.8. The number of benzene rings is 5. The fourth-order valence-corrected chi connectivity index (χ4v) is 6.73. The van der Waals surface area contributed by atoms with Crippen LogP contribution in [0.25, 0.3) is 0 Å². The first-order chi connectivity index (χ1) is 23.2. The van der Waals surface area contributed by atoms with Crippen molar-refractivity contribution in [2.75, 3.05) is 7.11 Å². The first-order valence-electron chi connectivity index (χ1n) is 17.1. The van der Waals surface area contributed by atoms with Crippen LogP contribution in [0.2, 0.25) is 0 Å². The third-order valence-electron chi connectivity index (χ3n) is 9.14. The molecular weight excluding hydrogens is 574 g/mol. The minimum atomic E-state index is -0.0873. The van der Waals surface area contributed by atoms with Gasteiger partial charge in [-0.15, -0.1) is 0 Å². The molecule has 240 valence electrons. The lowest BCUT2D eigenvalue weighted by Crippen LogP contribution is -2.43. The monoisotopic (exact) mass is 621 g/mol. The first kappa shape index (κ1) is 32.3. The average molecular weight is 622 g/mol. The topological polar surface area (TPSA) is 28.1 Å². The van der Waals surface area contributed by atoms with Crippen LogP contribution in [-0.2, 0) is 26.2 Å². The Balaban J connectivity index is 1.53. The molecule has 0 radical (unpaired) electrons. The number of rotatable bonds is 13. The molecule has 47 heavy (non-hydrogen) atoms. The quantitative estimate of drug-likeness (QED) is 0.0968. The Hall–Kier alpha value is -4.67. The van der Waals surface area contributed by atoms with E-state index in [4.69, 9.17) is 9.73 Å². The van der Waals surface area contributed by atoms with E-state index in [0.717, 1.165) is 50.6 Å². The van der Waals surface area contributed by atoms with Gasteiger partial charge >= 0.3 is 0 Å². The Bertz CT molecular complexity index is 1550. The van der Waals surface area contributed by atoms with E-state index in [9.17, 15) is 0 Å². The van der Waals surface area contributed by atoms with Crippen molar-refractivity contribution >= 4 is 5.84 Å². The maximum Gasteiger partial charge on any atom is 0.122 e. The molecule has 0 aliphatic heterocycles. The van der Waals surface area contributed by atoms with Crippen molar-refractivity contribution in [3.8, 4) is 5.75 Å². The van der Waals surface area contributed by atoms with Gasteiger partial charge in [0.2, 0.25) is 0 Å². The zero-order valence-corrected chi connectivity index (χ0v) is 27.6. The average Bonchev–Trinajstić information content (AvgIpc) is 3.13. The van der Waals surface area contributed by atoms with E-state index in [1.165, 1.54) is 47.1 Å². The third-order valence-corrected chi connectivity index (χ3v) is 9.14. The summed E-state index contributed by atoms with van der Waals surface area (Å²) < 4.78 is 5.63. The van der Waals surface area contributed by atoms with Gasteiger partial charge in [0, 0.05) is 26.2 Å². The number of hydrogen-bond acceptors (Lipinski definition) is 3. The Labute approximate surface area is 281 Å². The van der Waals surface area contributed by atoms with Crippen LogP contribution in [0, 0.1) is 0 Å². The standard InChI is InChI=1S/C43H47N3O/c1-47-41-29-27-39(28-30-41)42(45(31-35-17-7-2-8-18-35)32-36-19-9-3-10-20-36)43(44-40-25-15-6-16-26-40)46(33-37-21-11-4-12-22-37)34-38-23-13-5-14-24-38/h2-5,7-14,17-24,27-30,40,42H,6,15-16,25-26,31-34H2,1H3. The van der Waals surface area contributed by atoms with Gasteiger partial charge in [-0.2, -0.15) is 0 Å². The molecule has 1 fully saturated rings. The molecule has 0 saturated heterocycles. The van der Waals surface area contributed by atoms with Crippen molar-refractivity contribution in [2.24, 2.45) is 4.99 Å². The number of aliphatic imine (C=N–C) groups is 1. The van der Waals surface area contributed by atoms with E-state index >= 15 is 0 Å². The van der Waals surface area contributed by atoms with Gasteiger partial charge in [0.05, 0.1) is 19.2 Å². The summed E-state index contributed by atoms with van der Waals surface area (Å²) in [6.07, 6.45) is 6.06. The predicted molar refractivity (Wildman–Crippen MR) is 194 cm³/mol. The van der Waals surface area contributed by atoms with Crippen LogP contribution in [0.5, 0.6) is 5.75 Å². The molecule has 4 nitrogen and oxygen atoms in total. The van der Waals surface area contributed by atoms with Crippen LogP contribution in [0.15, 0.2) is 151 Å². The number of nitrogens with zero attached hydrogens (tertiary/aromatic N) is 3. The molecule has 1 aliphatic carbocycles. The van der Waals surface area contributed by atoms with Crippen molar-refractivity contribution in [3.63, 3.8) is 0 Å². The lowest BCUT2D eigenvalue weighted by atomic mass is 9.95. The number of hydrogen-bond donors (Lipinski definition) is 0. The summed E-state index contributed by atoms with van der Waals surface area (Å²) in [5, 5.41) is 0. The van der Waals surface area contributed by atoms with Crippen molar-refractivity contribution in [2.45, 2.75) is 70.4 Å². The highest BCUT2D eigenvalue weighted by atomic mass is 16.5. The SMILES string of the molecule is COc1ccc(C(C(=NC2CCCCC2)N(Cc2ccccc2)Cc2ccccc2)N(Cc2ccccc2)Cc2ccccc2)cc1. The van der Waals surface area contributed by atoms with E-state index in [1.54, 1.807) is 7.11 Å². The highest BCUT2D eigenvalue weighted by Crippen LogP contribution is 2.33. The van der Waals surface area contributed by atoms with Crippen LogP contribution in [-0.4, -0.2) is 28.8 Å². The zero-order valence-electron chi connectivity index (χ0n) is 27.6. The fourth-order valence-electron chi connectivity index (χ4n) is 6.73. The van der Waals surface area contributed by atoms with E-state index < -0.39 is 0 Å². The number of methoxy groups -OCH3 is 1. The van der Waals surface area contributed by atoms with Gasteiger partial charge in [0.1, 0.15) is 11.6 Å². The first-order valence-corrected chi connectivity index (χ1v) is 17.1. The summed E-state index contributed by atoms with van der Waals surface area (Å²) >= 11 is 0. The molecule has 1 saturated carbocycles. The van der Waals surface area contributed by atoms with Crippen molar-refractivity contribution in [1.29, 1.82) is 0 Å². The van der Waals surface area contributed by atoms with Crippen LogP contribution in [0.4, 0.5) is 0 Å². The van der Waals surface area contributed by atoms with E-state index in [2.05, 4.69) is 155 Å².